The fourth-order valence-electron chi connectivity index (χ4n) is 3.25. The summed E-state index contributed by atoms with van der Waals surface area (Å²) in [5.74, 6) is 0.173. The van der Waals surface area contributed by atoms with Gasteiger partial charge in [0.25, 0.3) is 5.91 Å². The Hall–Kier alpha value is -1.53. The topological polar surface area (TPSA) is 76.1 Å². The molecule has 3 heterocycles. The summed E-state index contributed by atoms with van der Waals surface area (Å²) in [6, 6.07) is 0. The zero-order chi connectivity index (χ0) is 15.4. The van der Waals surface area contributed by atoms with E-state index < -0.39 is 0 Å². The molecule has 1 atom stereocenters. The molecule has 0 spiro atoms. The molecule has 2 aliphatic rings. The van der Waals surface area contributed by atoms with Crippen molar-refractivity contribution in [3.05, 3.63) is 23.8 Å². The van der Waals surface area contributed by atoms with E-state index in [-0.39, 0.29) is 11.5 Å². The number of rotatable bonds is 4. The van der Waals surface area contributed by atoms with Crippen LogP contribution in [-0.4, -0.2) is 47.7 Å². The Balaban J connectivity index is 1.69. The summed E-state index contributed by atoms with van der Waals surface area (Å²) in [5, 5.41) is 6.31. The predicted molar refractivity (Wildman–Crippen MR) is 82.8 cm³/mol. The third-order valence-electron chi connectivity index (χ3n) is 4.59. The van der Waals surface area contributed by atoms with Crippen molar-refractivity contribution in [1.82, 2.24) is 20.6 Å². The molecular formula is C16H24N4O2. The van der Waals surface area contributed by atoms with Gasteiger partial charge in [-0.05, 0) is 45.7 Å². The SMILES string of the molecule is CC1(CNC(=O)c2nccnc2C2CCNCC2)CCCO1. The molecular weight excluding hydrogens is 280 g/mol. The molecule has 2 fully saturated rings. The summed E-state index contributed by atoms with van der Waals surface area (Å²) in [5.41, 5.74) is 1.06. The molecule has 0 aliphatic carbocycles. The molecule has 2 N–H and O–H groups in total. The first-order valence-electron chi connectivity index (χ1n) is 8.12. The van der Waals surface area contributed by atoms with E-state index >= 15 is 0 Å². The van der Waals surface area contributed by atoms with Crippen molar-refractivity contribution in [1.29, 1.82) is 0 Å². The van der Waals surface area contributed by atoms with Gasteiger partial charge in [0, 0.05) is 31.5 Å². The lowest BCUT2D eigenvalue weighted by Crippen LogP contribution is -2.41. The standard InChI is InChI=1S/C16H24N4O2/c1-16(5-2-10-22-16)11-20-15(21)14-13(18-8-9-19-14)12-3-6-17-7-4-12/h8-9,12,17H,2-7,10-11H2,1H3,(H,20,21). The molecule has 2 saturated heterocycles. The van der Waals surface area contributed by atoms with Crippen LogP contribution >= 0.6 is 0 Å². The van der Waals surface area contributed by atoms with E-state index in [1.165, 1.54) is 0 Å². The zero-order valence-corrected chi connectivity index (χ0v) is 13.1. The second-order valence-electron chi connectivity index (χ2n) is 6.40. The van der Waals surface area contributed by atoms with Gasteiger partial charge in [-0.3, -0.25) is 9.78 Å². The van der Waals surface area contributed by atoms with Gasteiger partial charge in [0.2, 0.25) is 0 Å². The predicted octanol–water partition coefficient (Wildman–Crippen LogP) is 1.24. The van der Waals surface area contributed by atoms with Gasteiger partial charge in [-0.1, -0.05) is 0 Å². The smallest absolute Gasteiger partial charge is 0.271 e. The molecule has 0 bridgehead atoms. The monoisotopic (exact) mass is 304 g/mol. The number of nitrogens with one attached hydrogen (secondary N) is 2. The Morgan fingerprint density at radius 3 is 2.91 bits per heavy atom. The van der Waals surface area contributed by atoms with Gasteiger partial charge in [-0.15, -0.1) is 0 Å². The van der Waals surface area contributed by atoms with Crippen molar-refractivity contribution in [3.8, 4) is 0 Å². The number of hydrogen-bond donors (Lipinski definition) is 2. The fraction of sp³-hybridized carbons (Fsp3) is 0.688. The Labute approximate surface area is 131 Å². The summed E-state index contributed by atoms with van der Waals surface area (Å²) in [4.78, 5) is 21.2. The van der Waals surface area contributed by atoms with Crippen LogP contribution in [0.1, 0.15) is 54.7 Å². The minimum atomic E-state index is -0.243. The molecule has 0 saturated carbocycles. The number of aromatic nitrogens is 2. The quantitative estimate of drug-likeness (QED) is 0.875. The van der Waals surface area contributed by atoms with Crippen LogP contribution in [0.3, 0.4) is 0 Å². The van der Waals surface area contributed by atoms with Gasteiger partial charge in [0.15, 0.2) is 0 Å². The Bertz CT molecular complexity index is 523. The Morgan fingerprint density at radius 2 is 2.18 bits per heavy atom. The number of carbonyl (C=O) groups excluding carboxylic acids is 1. The van der Waals surface area contributed by atoms with Crippen molar-refractivity contribution in [2.45, 2.75) is 44.1 Å². The zero-order valence-electron chi connectivity index (χ0n) is 13.1. The lowest BCUT2D eigenvalue weighted by Gasteiger charge is -2.25. The molecule has 2 aliphatic heterocycles. The molecule has 120 valence electrons. The highest BCUT2D eigenvalue weighted by Gasteiger charge is 2.31. The van der Waals surface area contributed by atoms with Gasteiger partial charge in [0.05, 0.1) is 11.3 Å². The lowest BCUT2D eigenvalue weighted by molar-refractivity contribution is 0.0205. The summed E-state index contributed by atoms with van der Waals surface area (Å²) < 4.78 is 5.71. The molecule has 6 heteroatoms. The first-order chi connectivity index (χ1) is 10.7. The maximum Gasteiger partial charge on any atom is 0.271 e. The summed E-state index contributed by atoms with van der Waals surface area (Å²) in [7, 11) is 0. The van der Waals surface area contributed by atoms with Gasteiger partial charge < -0.3 is 15.4 Å². The molecule has 6 nitrogen and oxygen atoms in total. The third-order valence-corrected chi connectivity index (χ3v) is 4.59. The average molecular weight is 304 g/mol. The first-order valence-corrected chi connectivity index (χ1v) is 8.12. The fourth-order valence-corrected chi connectivity index (χ4v) is 3.25. The second-order valence-corrected chi connectivity index (χ2v) is 6.40. The molecule has 0 radical (unpaired) electrons. The molecule has 1 amide bonds. The van der Waals surface area contributed by atoms with Crippen molar-refractivity contribution in [3.63, 3.8) is 0 Å². The van der Waals surface area contributed by atoms with Gasteiger partial charge >= 0.3 is 0 Å². The molecule has 1 aromatic heterocycles. The van der Waals surface area contributed by atoms with E-state index in [1.54, 1.807) is 12.4 Å². The normalized spacial score (nSPS) is 26.0. The van der Waals surface area contributed by atoms with Crippen LogP contribution < -0.4 is 10.6 Å². The summed E-state index contributed by atoms with van der Waals surface area (Å²) in [6.45, 7) is 5.28. The van der Waals surface area contributed by atoms with Crippen LogP contribution in [0.4, 0.5) is 0 Å². The van der Waals surface area contributed by atoms with Crippen LogP contribution in [0.25, 0.3) is 0 Å². The van der Waals surface area contributed by atoms with Crippen LogP contribution in [0.2, 0.25) is 0 Å². The van der Waals surface area contributed by atoms with E-state index in [2.05, 4.69) is 20.6 Å². The van der Waals surface area contributed by atoms with Crippen LogP contribution in [0.15, 0.2) is 12.4 Å². The number of piperidine rings is 1. The molecule has 0 aromatic carbocycles. The first kappa shape index (κ1) is 15.4. The van der Waals surface area contributed by atoms with Gasteiger partial charge in [-0.2, -0.15) is 0 Å². The van der Waals surface area contributed by atoms with Crippen molar-refractivity contribution < 1.29 is 9.53 Å². The number of nitrogens with zero attached hydrogens (tertiary/aromatic N) is 2. The maximum atomic E-state index is 12.5. The van der Waals surface area contributed by atoms with E-state index in [0.29, 0.717) is 18.2 Å². The molecule has 3 rings (SSSR count). The highest BCUT2D eigenvalue weighted by Crippen LogP contribution is 2.26. The minimum absolute atomic E-state index is 0.140. The molecule has 1 unspecified atom stereocenters. The number of carbonyl (C=O) groups is 1. The lowest BCUT2D eigenvalue weighted by atomic mass is 9.92. The van der Waals surface area contributed by atoms with Gasteiger partial charge in [-0.25, -0.2) is 4.98 Å². The third kappa shape index (κ3) is 3.44. The Kier molecular flexibility index (Phi) is 4.69. The summed E-state index contributed by atoms with van der Waals surface area (Å²) in [6.07, 6.45) is 7.30. The highest BCUT2D eigenvalue weighted by molar-refractivity contribution is 5.93. The van der Waals surface area contributed by atoms with Crippen LogP contribution in [-0.2, 0) is 4.74 Å². The number of ether oxygens (including phenoxy) is 1. The largest absolute Gasteiger partial charge is 0.373 e. The highest BCUT2D eigenvalue weighted by atomic mass is 16.5. The van der Waals surface area contributed by atoms with Crippen LogP contribution in [0.5, 0.6) is 0 Å². The molecule has 22 heavy (non-hydrogen) atoms. The van der Waals surface area contributed by atoms with Crippen molar-refractivity contribution in [2.75, 3.05) is 26.2 Å². The second kappa shape index (κ2) is 6.71. The van der Waals surface area contributed by atoms with E-state index in [1.807, 2.05) is 6.92 Å². The van der Waals surface area contributed by atoms with E-state index in [0.717, 1.165) is 51.1 Å². The average Bonchev–Trinajstić information content (AvgIpc) is 3.01. The number of amides is 1. The van der Waals surface area contributed by atoms with E-state index in [9.17, 15) is 4.79 Å². The minimum Gasteiger partial charge on any atom is -0.373 e. The van der Waals surface area contributed by atoms with Gasteiger partial charge in [0.1, 0.15) is 5.69 Å². The van der Waals surface area contributed by atoms with E-state index in [4.69, 9.17) is 4.74 Å². The van der Waals surface area contributed by atoms with Crippen molar-refractivity contribution in [2.24, 2.45) is 0 Å². The maximum absolute atomic E-state index is 12.5. The van der Waals surface area contributed by atoms with Crippen molar-refractivity contribution >= 4 is 5.91 Å². The summed E-state index contributed by atoms with van der Waals surface area (Å²) >= 11 is 0. The number of hydrogen-bond acceptors (Lipinski definition) is 5. The molecule has 1 aromatic rings. The Morgan fingerprint density at radius 1 is 1.41 bits per heavy atom. The van der Waals surface area contributed by atoms with Crippen LogP contribution in [0, 0.1) is 0 Å².